The molecule has 2 rings (SSSR count). The average molecular weight is 347 g/mol. The number of ether oxygens (including phenoxy) is 1. The third kappa shape index (κ3) is 5.96. The number of nitrogens with one attached hydrogen (secondary N) is 2. The number of hydrogen-bond acceptors (Lipinski definition) is 3. The fourth-order valence-electron chi connectivity index (χ4n) is 2.93. The van der Waals surface area contributed by atoms with Gasteiger partial charge in [0.1, 0.15) is 5.60 Å². The van der Waals surface area contributed by atoms with E-state index in [0.29, 0.717) is 25.6 Å². The van der Waals surface area contributed by atoms with Crippen LogP contribution in [0.2, 0.25) is 0 Å². The van der Waals surface area contributed by atoms with Crippen molar-refractivity contribution in [3.63, 3.8) is 0 Å². The highest BCUT2D eigenvalue weighted by Crippen LogP contribution is 2.30. The van der Waals surface area contributed by atoms with Crippen molar-refractivity contribution in [3.8, 4) is 0 Å². The van der Waals surface area contributed by atoms with Crippen molar-refractivity contribution in [2.75, 3.05) is 25.0 Å². The van der Waals surface area contributed by atoms with Crippen LogP contribution < -0.4 is 10.6 Å². The number of rotatable bonds is 3. The molecule has 1 fully saturated rings. The molecule has 0 saturated carbocycles. The zero-order valence-electron chi connectivity index (χ0n) is 15.6. The van der Waals surface area contributed by atoms with E-state index >= 15 is 0 Å². The summed E-state index contributed by atoms with van der Waals surface area (Å²) in [5, 5.41) is 5.56. The number of benzene rings is 1. The predicted molar refractivity (Wildman–Crippen MR) is 98.9 cm³/mol. The molecule has 1 aromatic rings. The number of likely N-dealkylation sites (tertiary alicyclic amines) is 1. The molecule has 1 heterocycles. The minimum absolute atomic E-state index is 0.195. The highest BCUT2D eigenvalue weighted by atomic mass is 16.6. The fraction of sp³-hybridized carbons (Fsp3) is 0.579. The van der Waals surface area contributed by atoms with E-state index in [0.717, 1.165) is 18.5 Å². The Labute approximate surface area is 149 Å². The molecule has 3 amide bonds. The minimum atomic E-state index is -0.465. The second-order valence-corrected chi connectivity index (χ2v) is 7.35. The van der Waals surface area contributed by atoms with E-state index in [4.69, 9.17) is 4.74 Å². The Morgan fingerprint density at radius 3 is 2.52 bits per heavy atom. The van der Waals surface area contributed by atoms with E-state index < -0.39 is 5.60 Å². The predicted octanol–water partition coefficient (Wildman–Crippen LogP) is 3.94. The van der Waals surface area contributed by atoms with Crippen LogP contribution in [0, 0.1) is 0 Å². The van der Waals surface area contributed by atoms with Crippen molar-refractivity contribution in [2.45, 2.75) is 52.1 Å². The van der Waals surface area contributed by atoms with E-state index in [1.165, 1.54) is 5.56 Å². The second-order valence-electron chi connectivity index (χ2n) is 7.35. The maximum absolute atomic E-state index is 12.1. The first kappa shape index (κ1) is 19.1. The van der Waals surface area contributed by atoms with Crippen molar-refractivity contribution in [1.82, 2.24) is 10.2 Å². The zero-order chi connectivity index (χ0) is 18.4. The van der Waals surface area contributed by atoms with E-state index in [1.54, 1.807) is 4.90 Å². The summed E-state index contributed by atoms with van der Waals surface area (Å²) in [7, 11) is 0. The maximum atomic E-state index is 12.1. The lowest BCUT2D eigenvalue weighted by molar-refractivity contribution is 0.0205. The zero-order valence-corrected chi connectivity index (χ0v) is 15.6. The molecular weight excluding hydrogens is 318 g/mol. The highest BCUT2D eigenvalue weighted by molar-refractivity contribution is 5.89. The van der Waals surface area contributed by atoms with Crippen molar-refractivity contribution >= 4 is 17.8 Å². The molecule has 1 aliphatic rings. The lowest BCUT2D eigenvalue weighted by Crippen LogP contribution is -2.41. The van der Waals surface area contributed by atoms with Gasteiger partial charge in [0.15, 0.2) is 0 Å². The minimum Gasteiger partial charge on any atom is -0.444 e. The number of carbonyl (C=O) groups is 2. The SMILES string of the molecule is CCNC(=O)Nc1cccc(C2CCN(C(=O)OC(C)(C)C)CC2)c1. The van der Waals surface area contributed by atoms with Crippen LogP contribution in [0.1, 0.15) is 52.0 Å². The molecule has 0 unspecified atom stereocenters. The van der Waals surface area contributed by atoms with Crippen LogP contribution in [-0.2, 0) is 4.74 Å². The standard InChI is InChI=1S/C19H29N3O3/c1-5-20-17(23)21-16-8-6-7-15(13-16)14-9-11-22(12-10-14)18(24)25-19(2,3)4/h6-8,13-14H,5,9-12H2,1-4H3,(H2,20,21,23). The van der Waals surface area contributed by atoms with Crippen LogP contribution in [0.25, 0.3) is 0 Å². The summed E-state index contributed by atoms with van der Waals surface area (Å²) in [5.74, 6) is 0.384. The number of hydrogen-bond donors (Lipinski definition) is 2. The molecule has 0 aliphatic carbocycles. The van der Waals surface area contributed by atoms with Gasteiger partial charge in [-0.15, -0.1) is 0 Å². The third-order valence-electron chi connectivity index (χ3n) is 4.10. The van der Waals surface area contributed by atoms with E-state index in [9.17, 15) is 9.59 Å². The Morgan fingerprint density at radius 1 is 1.24 bits per heavy atom. The van der Waals surface area contributed by atoms with Crippen molar-refractivity contribution in [1.29, 1.82) is 0 Å². The summed E-state index contributed by atoms with van der Waals surface area (Å²) in [5.41, 5.74) is 1.52. The maximum Gasteiger partial charge on any atom is 0.410 e. The molecule has 1 aliphatic heterocycles. The molecular formula is C19H29N3O3. The molecule has 0 radical (unpaired) electrons. The summed E-state index contributed by atoms with van der Waals surface area (Å²) in [6, 6.07) is 7.74. The lowest BCUT2D eigenvalue weighted by Gasteiger charge is -2.33. The van der Waals surface area contributed by atoms with Crippen molar-refractivity contribution in [3.05, 3.63) is 29.8 Å². The quantitative estimate of drug-likeness (QED) is 0.870. The Morgan fingerprint density at radius 2 is 1.92 bits per heavy atom. The van der Waals surface area contributed by atoms with Crippen molar-refractivity contribution < 1.29 is 14.3 Å². The first-order valence-corrected chi connectivity index (χ1v) is 8.91. The monoisotopic (exact) mass is 347 g/mol. The average Bonchev–Trinajstić information content (AvgIpc) is 2.54. The van der Waals surface area contributed by atoms with Gasteiger partial charge in [0, 0.05) is 25.3 Å². The van der Waals surface area contributed by atoms with Crippen LogP contribution in [0.3, 0.4) is 0 Å². The van der Waals surface area contributed by atoms with Crippen LogP contribution in [-0.4, -0.2) is 42.3 Å². The number of nitrogens with zero attached hydrogens (tertiary/aromatic N) is 1. The molecule has 2 N–H and O–H groups in total. The van der Waals surface area contributed by atoms with Gasteiger partial charge in [-0.05, 0) is 64.2 Å². The van der Waals surface area contributed by atoms with Crippen LogP contribution in [0.15, 0.2) is 24.3 Å². The lowest BCUT2D eigenvalue weighted by atomic mass is 9.89. The van der Waals surface area contributed by atoms with Gasteiger partial charge in [-0.2, -0.15) is 0 Å². The highest BCUT2D eigenvalue weighted by Gasteiger charge is 2.27. The molecule has 138 valence electrons. The van der Waals surface area contributed by atoms with Gasteiger partial charge in [0.2, 0.25) is 0 Å². The summed E-state index contributed by atoms with van der Waals surface area (Å²) in [6.45, 7) is 9.49. The van der Waals surface area contributed by atoms with Crippen LogP contribution >= 0.6 is 0 Å². The Balaban J connectivity index is 1.92. The topological polar surface area (TPSA) is 70.7 Å². The van der Waals surface area contributed by atoms with Crippen LogP contribution in [0.4, 0.5) is 15.3 Å². The molecule has 1 saturated heterocycles. The fourth-order valence-corrected chi connectivity index (χ4v) is 2.93. The molecule has 0 bridgehead atoms. The van der Waals surface area contributed by atoms with Gasteiger partial charge in [-0.1, -0.05) is 12.1 Å². The Kier molecular flexibility index (Phi) is 6.28. The molecule has 0 atom stereocenters. The summed E-state index contributed by atoms with van der Waals surface area (Å²) in [4.78, 5) is 25.6. The van der Waals surface area contributed by atoms with Gasteiger partial charge in [-0.25, -0.2) is 9.59 Å². The molecule has 1 aromatic carbocycles. The number of urea groups is 1. The summed E-state index contributed by atoms with van der Waals surface area (Å²) >= 11 is 0. The number of anilines is 1. The normalized spacial score (nSPS) is 15.6. The van der Waals surface area contributed by atoms with Gasteiger partial charge >= 0.3 is 12.1 Å². The first-order chi connectivity index (χ1) is 11.8. The molecule has 25 heavy (non-hydrogen) atoms. The second kappa shape index (κ2) is 8.23. The number of amides is 3. The summed E-state index contributed by atoms with van der Waals surface area (Å²) in [6.07, 6.45) is 1.55. The molecule has 0 spiro atoms. The van der Waals surface area contributed by atoms with Gasteiger partial charge in [0.05, 0.1) is 0 Å². The Bertz CT molecular complexity index is 602. The number of carbonyl (C=O) groups excluding carboxylic acids is 2. The molecule has 6 nitrogen and oxygen atoms in total. The van der Waals surface area contributed by atoms with Crippen molar-refractivity contribution in [2.24, 2.45) is 0 Å². The first-order valence-electron chi connectivity index (χ1n) is 8.91. The van der Waals surface area contributed by atoms with E-state index in [2.05, 4.69) is 16.7 Å². The van der Waals surface area contributed by atoms with Crippen LogP contribution in [0.5, 0.6) is 0 Å². The Hall–Kier alpha value is -2.24. The number of piperidine rings is 1. The van der Waals surface area contributed by atoms with E-state index in [-0.39, 0.29) is 12.1 Å². The van der Waals surface area contributed by atoms with Gasteiger partial charge in [-0.3, -0.25) is 0 Å². The molecule has 0 aromatic heterocycles. The largest absolute Gasteiger partial charge is 0.444 e. The van der Waals surface area contributed by atoms with E-state index in [1.807, 2.05) is 45.9 Å². The summed E-state index contributed by atoms with van der Waals surface area (Å²) < 4.78 is 5.44. The van der Waals surface area contributed by atoms with Gasteiger partial charge in [0.25, 0.3) is 0 Å². The third-order valence-corrected chi connectivity index (χ3v) is 4.10. The van der Waals surface area contributed by atoms with Gasteiger partial charge < -0.3 is 20.3 Å². The molecule has 6 heteroatoms. The smallest absolute Gasteiger partial charge is 0.410 e.